The molecule has 0 aromatic rings. The number of phosphoric acid groups is 1. The normalized spacial score (nSPS) is 13.7. The summed E-state index contributed by atoms with van der Waals surface area (Å²) in [6, 6.07) is 0. The SMILES string of the molecule is CCS(CC)(CC#CBr)OP(=O)(OS(CC)(CC)CC#CBr)OS(CC)(CC)CC#CBr. The molecule has 0 saturated carbocycles. The van der Waals surface area contributed by atoms with E-state index in [1.54, 1.807) is 0 Å². The van der Waals surface area contributed by atoms with Crippen LogP contribution < -0.4 is 0 Å². The average Bonchev–Trinajstić information content (AvgIpc) is 2.82. The van der Waals surface area contributed by atoms with Crippen molar-refractivity contribution in [2.24, 2.45) is 0 Å². The Labute approximate surface area is 226 Å². The molecule has 0 spiro atoms. The van der Waals surface area contributed by atoms with Gasteiger partial charge in [0.25, 0.3) is 0 Å². The van der Waals surface area contributed by atoms with Gasteiger partial charge in [-0.15, -0.1) is 30.9 Å². The van der Waals surface area contributed by atoms with Crippen LogP contribution >= 0.6 is 86.5 Å². The van der Waals surface area contributed by atoms with Crippen molar-refractivity contribution in [3.8, 4) is 32.3 Å². The molecule has 0 aliphatic heterocycles. The Morgan fingerprint density at radius 2 is 0.781 bits per heavy atom. The molecule has 188 valence electrons. The highest BCUT2D eigenvalue weighted by Gasteiger charge is 2.45. The molecule has 0 amide bonds. The zero-order valence-electron chi connectivity index (χ0n) is 19.8. The van der Waals surface area contributed by atoms with Crippen LogP contribution in [0.25, 0.3) is 0 Å². The van der Waals surface area contributed by atoms with Gasteiger partial charge in [-0.3, -0.25) is 0 Å². The highest BCUT2D eigenvalue weighted by molar-refractivity contribution is 9.12. The summed E-state index contributed by atoms with van der Waals surface area (Å²) in [7, 11) is -9.32. The van der Waals surface area contributed by atoms with Crippen LogP contribution in [0.2, 0.25) is 0 Å². The Balaban J connectivity index is 6.55. The molecule has 0 aliphatic rings. The summed E-state index contributed by atoms with van der Waals surface area (Å²) in [5.41, 5.74) is 0. The minimum absolute atomic E-state index is 0.505. The first-order valence-electron chi connectivity index (χ1n) is 10.4. The van der Waals surface area contributed by atoms with E-state index in [9.17, 15) is 4.57 Å². The Morgan fingerprint density at radius 1 is 0.562 bits per heavy atom. The first kappa shape index (κ1) is 33.3. The lowest BCUT2D eigenvalue weighted by atomic mass is 10.8. The fourth-order valence-corrected chi connectivity index (χ4v) is 15.9. The van der Waals surface area contributed by atoms with E-state index in [0.717, 1.165) is 0 Å². The summed E-state index contributed by atoms with van der Waals surface area (Å²) in [5.74, 6) is 15.0. The lowest BCUT2D eigenvalue weighted by Gasteiger charge is -2.46. The van der Waals surface area contributed by atoms with Crippen molar-refractivity contribution < 1.29 is 16.5 Å². The molecule has 0 fully saturated rings. The average molecular weight is 719 g/mol. The Hall–Kier alpha value is 1.28. The van der Waals surface area contributed by atoms with E-state index in [4.69, 9.17) is 11.9 Å². The van der Waals surface area contributed by atoms with Gasteiger partial charge in [0.15, 0.2) is 0 Å². The maximum absolute atomic E-state index is 14.5. The molecule has 0 N–H and O–H groups in total. The van der Waals surface area contributed by atoms with Crippen LogP contribution in [-0.4, -0.2) is 51.8 Å². The lowest BCUT2D eigenvalue weighted by molar-refractivity contribution is 0.335. The molecule has 4 nitrogen and oxygen atoms in total. The number of hydrogen-bond donors (Lipinski definition) is 0. The predicted molar refractivity (Wildman–Crippen MR) is 162 cm³/mol. The molecule has 32 heavy (non-hydrogen) atoms. The molecule has 0 aromatic carbocycles. The van der Waals surface area contributed by atoms with Gasteiger partial charge in [-0.25, -0.2) is 16.5 Å². The summed E-state index contributed by atoms with van der Waals surface area (Å²) in [4.78, 5) is 8.31. The van der Waals surface area contributed by atoms with Crippen LogP contribution in [0.1, 0.15) is 41.5 Å². The minimum atomic E-state index is -3.94. The zero-order chi connectivity index (χ0) is 24.7. The third kappa shape index (κ3) is 10.5. The van der Waals surface area contributed by atoms with Crippen molar-refractivity contribution in [3.63, 3.8) is 0 Å². The van der Waals surface area contributed by atoms with Gasteiger partial charge in [0.1, 0.15) is 0 Å². The van der Waals surface area contributed by atoms with Crippen molar-refractivity contribution >= 4 is 86.5 Å². The van der Waals surface area contributed by atoms with Crippen LogP contribution in [-0.2, 0) is 16.5 Å². The molecule has 11 heteroatoms. The van der Waals surface area contributed by atoms with E-state index in [1.807, 2.05) is 41.5 Å². The van der Waals surface area contributed by atoms with Crippen molar-refractivity contribution in [2.75, 3.05) is 51.8 Å². The smallest absolute Gasteiger partial charge is 0.235 e. The van der Waals surface area contributed by atoms with Gasteiger partial charge in [-0.1, -0.05) is 59.3 Å². The molecule has 0 unspecified atom stereocenters. The van der Waals surface area contributed by atoms with Crippen molar-refractivity contribution in [1.29, 1.82) is 0 Å². The quantitative estimate of drug-likeness (QED) is 0.126. The second-order valence-corrected chi connectivity index (χ2v) is 20.5. The summed E-state index contributed by atoms with van der Waals surface area (Å²) >= 11 is 9.52. The lowest BCUT2D eigenvalue weighted by Crippen LogP contribution is -2.21. The summed E-state index contributed by atoms with van der Waals surface area (Å²) in [6.07, 6.45) is 0. The van der Waals surface area contributed by atoms with Crippen LogP contribution in [0.15, 0.2) is 0 Å². The second kappa shape index (κ2) is 16.9. The Kier molecular flexibility index (Phi) is 17.5. The van der Waals surface area contributed by atoms with Gasteiger partial charge in [-0.05, 0) is 49.0 Å². The minimum Gasteiger partial charge on any atom is -0.235 e. The van der Waals surface area contributed by atoms with E-state index in [0.29, 0.717) is 51.8 Å². The van der Waals surface area contributed by atoms with Crippen LogP contribution in [0.3, 0.4) is 0 Å². The third-order valence-electron chi connectivity index (χ3n) is 5.11. The number of halogens is 3. The predicted octanol–water partition coefficient (Wildman–Crippen LogP) is 8.49. The second-order valence-electron chi connectivity index (χ2n) is 6.55. The molecular formula is C21H36Br3O4PS3. The molecule has 0 heterocycles. The summed E-state index contributed by atoms with van der Waals surface area (Å²) in [6.45, 7) is 12.3. The maximum Gasteiger partial charge on any atom is 0.503 e. The van der Waals surface area contributed by atoms with Gasteiger partial charge in [-0.2, -0.15) is 0 Å². The van der Waals surface area contributed by atoms with Crippen molar-refractivity contribution in [3.05, 3.63) is 0 Å². The van der Waals surface area contributed by atoms with E-state index in [2.05, 4.69) is 80.0 Å². The van der Waals surface area contributed by atoms with E-state index in [-0.39, 0.29) is 0 Å². The topological polar surface area (TPSA) is 44.8 Å². The van der Waals surface area contributed by atoms with Crippen LogP contribution in [0.5, 0.6) is 0 Å². The molecule has 0 atom stereocenters. The Bertz CT molecular complexity index is 692. The van der Waals surface area contributed by atoms with Gasteiger partial charge in [0.05, 0.1) is 17.3 Å². The summed E-state index contributed by atoms with van der Waals surface area (Å²) < 4.78 is 34.0. The number of hydrogen-bond acceptors (Lipinski definition) is 4. The molecule has 0 bridgehead atoms. The first-order valence-corrected chi connectivity index (χ1v) is 20.5. The molecule has 0 saturated heterocycles. The fraction of sp³-hybridized carbons (Fsp3) is 0.714. The van der Waals surface area contributed by atoms with Gasteiger partial charge >= 0.3 is 7.82 Å². The van der Waals surface area contributed by atoms with Gasteiger partial charge in [0.2, 0.25) is 0 Å². The molecule has 0 aliphatic carbocycles. The molecule has 0 radical (unpaired) electrons. The summed E-state index contributed by atoms with van der Waals surface area (Å²) in [5, 5.41) is 0. The molecule has 0 aromatic heterocycles. The molecule has 0 rings (SSSR count). The number of rotatable bonds is 15. The van der Waals surface area contributed by atoms with Gasteiger partial charge in [0, 0.05) is 47.8 Å². The highest BCUT2D eigenvalue weighted by atomic mass is 79.9. The van der Waals surface area contributed by atoms with Crippen LogP contribution in [0, 0.1) is 32.3 Å². The molecular weight excluding hydrogens is 683 g/mol. The highest BCUT2D eigenvalue weighted by Crippen LogP contribution is 2.76. The fourth-order valence-electron chi connectivity index (χ4n) is 2.71. The zero-order valence-corrected chi connectivity index (χ0v) is 27.9. The van der Waals surface area contributed by atoms with Crippen LogP contribution in [0.4, 0.5) is 0 Å². The monoisotopic (exact) mass is 716 g/mol. The standard InChI is InChI=1S/C21H36Br3O4PS3/c1-7-30(8-2,19-13-16-22)26-29(25,27-31(9-3,10-4)20-14-17-23)28-32(11-5,12-6)21-15-18-24/h7-12,19-21H2,1-6H3. The first-order chi connectivity index (χ1) is 15.2. The van der Waals surface area contributed by atoms with Crippen molar-refractivity contribution in [2.45, 2.75) is 41.5 Å². The van der Waals surface area contributed by atoms with E-state index >= 15 is 0 Å². The van der Waals surface area contributed by atoms with Gasteiger partial charge < -0.3 is 0 Å². The largest absolute Gasteiger partial charge is 0.503 e. The van der Waals surface area contributed by atoms with E-state index in [1.165, 1.54) is 0 Å². The third-order valence-corrected chi connectivity index (χ3v) is 20.3. The maximum atomic E-state index is 14.5. The van der Waals surface area contributed by atoms with E-state index < -0.39 is 38.7 Å². The Morgan fingerprint density at radius 3 is 0.938 bits per heavy atom. The van der Waals surface area contributed by atoms with Crippen molar-refractivity contribution in [1.82, 2.24) is 0 Å².